The molecule has 3 amide bonds. The number of likely N-dealkylation sites (tertiary alicyclic amines) is 2. The smallest absolute Gasteiger partial charge is 0.321 e. The summed E-state index contributed by atoms with van der Waals surface area (Å²) in [7, 11) is 0. The van der Waals surface area contributed by atoms with Crippen LogP contribution in [-0.4, -0.2) is 59.0 Å². The molecule has 7 nitrogen and oxygen atoms in total. The molecule has 0 saturated carbocycles. The van der Waals surface area contributed by atoms with Crippen LogP contribution in [0.4, 0.5) is 10.5 Å². The van der Waals surface area contributed by atoms with Crippen molar-refractivity contribution in [3.05, 3.63) is 54.2 Å². The molecule has 1 aromatic heterocycles. The summed E-state index contributed by atoms with van der Waals surface area (Å²) < 4.78 is 6.07. The third kappa shape index (κ3) is 4.67. The summed E-state index contributed by atoms with van der Waals surface area (Å²) in [4.78, 5) is 33.3. The molecule has 1 atom stereocenters. The van der Waals surface area contributed by atoms with Gasteiger partial charge in [-0.25, -0.2) is 9.78 Å². The molecule has 2 aliphatic rings. The van der Waals surface area contributed by atoms with Crippen molar-refractivity contribution in [1.82, 2.24) is 14.8 Å². The van der Waals surface area contributed by atoms with Gasteiger partial charge in [0.15, 0.2) is 0 Å². The number of rotatable bonds is 4. The Hall–Kier alpha value is -3.09. The molecule has 2 saturated heterocycles. The number of carbonyl (C=O) groups is 2. The maximum atomic E-state index is 12.9. The van der Waals surface area contributed by atoms with Crippen LogP contribution in [0.15, 0.2) is 48.7 Å². The molecule has 2 fully saturated rings. The number of pyridine rings is 1. The zero-order valence-electron chi connectivity index (χ0n) is 16.4. The lowest BCUT2D eigenvalue weighted by atomic mass is 10.1. The highest BCUT2D eigenvalue weighted by molar-refractivity contribution is 5.96. The average Bonchev–Trinajstić information content (AvgIpc) is 3.24. The summed E-state index contributed by atoms with van der Waals surface area (Å²) in [5.41, 5.74) is 1.27. The van der Waals surface area contributed by atoms with E-state index in [1.165, 1.54) is 6.42 Å². The number of nitrogens with one attached hydrogen (secondary N) is 1. The quantitative estimate of drug-likeness (QED) is 0.863. The Morgan fingerprint density at radius 3 is 2.55 bits per heavy atom. The van der Waals surface area contributed by atoms with Crippen molar-refractivity contribution in [2.75, 3.05) is 31.5 Å². The van der Waals surface area contributed by atoms with Gasteiger partial charge >= 0.3 is 6.03 Å². The first-order valence-corrected chi connectivity index (χ1v) is 10.2. The molecule has 3 heterocycles. The van der Waals surface area contributed by atoms with Gasteiger partial charge in [-0.2, -0.15) is 0 Å². The summed E-state index contributed by atoms with van der Waals surface area (Å²) in [5.74, 6) is 0.336. The zero-order valence-corrected chi connectivity index (χ0v) is 16.4. The number of hydrogen-bond acceptors (Lipinski definition) is 4. The monoisotopic (exact) mass is 394 g/mol. The molecular weight excluding hydrogens is 368 g/mol. The second-order valence-electron chi connectivity index (χ2n) is 7.48. The Labute approximate surface area is 170 Å². The van der Waals surface area contributed by atoms with Gasteiger partial charge < -0.3 is 19.9 Å². The molecule has 4 rings (SSSR count). The van der Waals surface area contributed by atoms with E-state index in [1.54, 1.807) is 23.2 Å². The Kier molecular flexibility index (Phi) is 5.93. The molecule has 2 aliphatic heterocycles. The van der Waals surface area contributed by atoms with Crippen LogP contribution in [0.3, 0.4) is 0 Å². The first-order valence-electron chi connectivity index (χ1n) is 10.2. The van der Waals surface area contributed by atoms with Crippen LogP contribution in [-0.2, 0) is 0 Å². The van der Waals surface area contributed by atoms with Crippen molar-refractivity contribution >= 4 is 17.6 Å². The van der Waals surface area contributed by atoms with Gasteiger partial charge in [-0.3, -0.25) is 4.79 Å². The molecule has 1 unspecified atom stereocenters. The largest absolute Gasteiger partial charge is 0.472 e. The van der Waals surface area contributed by atoms with Gasteiger partial charge in [-0.05, 0) is 43.5 Å². The van der Waals surface area contributed by atoms with Gasteiger partial charge in [-0.15, -0.1) is 0 Å². The molecule has 152 valence electrons. The SMILES string of the molecule is O=C(Nc1ccccc1)N1CCC(Oc2ncccc2C(=O)N2CCCCC2)C1. The van der Waals surface area contributed by atoms with Crippen molar-refractivity contribution < 1.29 is 14.3 Å². The van der Waals surface area contributed by atoms with Crippen LogP contribution < -0.4 is 10.1 Å². The highest BCUT2D eigenvalue weighted by Gasteiger charge is 2.30. The zero-order chi connectivity index (χ0) is 20.1. The number of benzene rings is 1. The number of aromatic nitrogens is 1. The van der Waals surface area contributed by atoms with E-state index >= 15 is 0 Å². The Bertz CT molecular complexity index is 852. The molecule has 29 heavy (non-hydrogen) atoms. The van der Waals surface area contributed by atoms with Gasteiger partial charge in [0.25, 0.3) is 5.91 Å². The van der Waals surface area contributed by atoms with Crippen LogP contribution in [0, 0.1) is 0 Å². The van der Waals surface area contributed by atoms with E-state index in [2.05, 4.69) is 10.3 Å². The highest BCUT2D eigenvalue weighted by atomic mass is 16.5. The number of para-hydroxylation sites is 1. The summed E-state index contributed by atoms with van der Waals surface area (Å²) in [5, 5.41) is 2.90. The number of hydrogen-bond donors (Lipinski definition) is 1. The van der Waals surface area contributed by atoms with Crippen LogP contribution >= 0.6 is 0 Å². The molecule has 2 aromatic rings. The lowest BCUT2D eigenvalue weighted by Gasteiger charge is -2.27. The minimum absolute atomic E-state index is 0.0236. The second kappa shape index (κ2) is 8.94. The summed E-state index contributed by atoms with van der Waals surface area (Å²) in [6.07, 6.45) is 5.41. The molecule has 1 aromatic carbocycles. The molecular formula is C22H26N4O3. The van der Waals surface area contributed by atoms with Crippen molar-refractivity contribution in [2.24, 2.45) is 0 Å². The first kappa shape index (κ1) is 19.2. The van der Waals surface area contributed by atoms with Gasteiger partial charge in [-0.1, -0.05) is 18.2 Å². The third-order valence-electron chi connectivity index (χ3n) is 5.38. The van der Waals surface area contributed by atoms with Crippen molar-refractivity contribution in [2.45, 2.75) is 31.8 Å². The predicted octanol–water partition coefficient (Wildman–Crippen LogP) is 3.39. The van der Waals surface area contributed by atoms with Gasteiger partial charge in [0.2, 0.25) is 5.88 Å². The van der Waals surface area contributed by atoms with E-state index in [0.29, 0.717) is 31.0 Å². The topological polar surface area (TPSA) is 74.8 Å². The second-order valence-corrected chi connectivity index (χ2v) is 7.48. The fraction of sp³-hybridized carbons (Fsp3) is 0.409. The Balaban J connectivity index is 1.38. The van der Waals surface area contributed by atoms with Gasteiger partial charge in [0, 0.05) is 37.9 Å². The first-order chi connectivity index (χ1) is 14.2. The number of amides is 3. The van der Waals surface area contributed by atoms with E-state index < -0.39 is 0 Å². The average molecular weight is 394 g/mol. The Morgan fingerprint density at radius 2 is 1.76 bits per heavy atom. The van der Waals surface area contributed by atoms with E-state index in [4.69, 9.17) is 4.74 Å². The normalized spacial score (nSPS) is 19.1. The minimum atomic E-state index is -0.181. The maximum absolute atomic E-state index is 12.9. The number of ether oxygens (including phenoxy) is 1. The summed E-state index contributed by atoms with van der Waals surface area (Å²) in [6.45, 7) is 2.63. The van der Waals surface area contributed by atoms with E-state index in [1.807, 2.05) is 35.2 Å². The van der Waals surface area contributed by atoms with E-state index in [0.717, 1.165) is 31.6 Å². The number of piperidine rings is 1. The van der Waals surface area contributed by atoms with Crippen LogP contribution in [0.5, 0.6) is 5.88 Å². The predicted molar refractivity (Wildman–Crippen MR) is 110 cm³/mol. The van der Waals surface area contributed by atoms with Crippen molar-refractivity contribution in [3.63, 3.8) is 0 Å². The standard InChI is InChI=1S/C22H26N4O3/c27-21(25-13-5-2-6-14-25)19-10-7-12-23-20(19)29-18-11-15-26(16-18)22(28)24-17-8-3-1-4-9-17/h1,3-4,7-10,12,18H,2,5-6,11,13-16H2,(H,24,28). The maximum Gasteiger partial charge on any atom is 0.321 e. The molecule has 0 radical (unpaired) electrons. The highest BCUT2D eigenvalue weighted by Crippen LogP contribution is 2.23. The third-order valence-corrected chi connectivity index (χ3v) is 5.38. The number of anilines is 1. The van der Waals surface area contributed by atoms with Crippen molar-refractivity contribution in [1.29, 1.82) is 0 Å². The molecule has 1 N–H and O–H groups in total. The lowest BCUT2D eigenvalue weighted by molar-refractivity contribution is 0.0715. The molecule has 0 bridgehead atoms. The minimum Gasteiger partial charge on any atom is -0.472 e. The molecule has 0 aliphatic carbocycles. The number of carbonyl (C=O) groups excluding carboxylic acids is 2. The lowest BCUT2D eigenvalue weighted by Crippen LogP contribution is -2.36. The van der Waals surface area contributed by atoms with Crippen molar-refractivity contribution in [3.8, 4) is 5.88 Å². The van der Waals surface area contributed by atoms with Crippen LogP contribution in [0.2, 0.25) is 0 Å². The summed E-state index contributed by atoms with van der Waals surface area (Å²) in [6, 6.07) is 12.8. The van der Waals surface area contributed by atoms with Gasteiger partial charge in [0.05, 0.1) is 6.54 Å². The van der Waals surface area contributed by atoms with E-state index in [9.17, 15) is 9.59 Å². The number of urea groups is 1. The summed E-state index contributed by atoms with van der Waals surface area (Å²) >= 11 is 0. The fourth-order valence-corrected chi connectivity index (χ4v) is 3.81. The fourth-order valence-electron chi connectivity index (χ4n) is 3.81. The van der Waals surface area contributed by atoms with E-state index in [-0.39, 0.29) is 18.0 Å². The molecule has 0 spiro atoms. The number of nitrogens with zero attached hydrogens (tertiary/aromatic N) is 3. The van der Waals surface area contributed by atoms with Crippen LogP contribution in [0.1, 0.15) is 36.0 Å². The van der Waals surface area contributed by atoms with Crippen LogP contribution in [0.25, 0.3) is 0 Å². The Morgan fingerprint density at radius 1 is 0.966 bits per heavy atom. The van der Waals surface area contributed by atoms with Gasteiger partial charge in [0.1, 0.15) is 11.7 Å². The molecule has 7 heteroatoms.